The molecule has 0 unspecified atom stereocenters. The molecule has 0 heterocycles. The summed E-state index contributed by atoms with van der Waals surface area (Å²) in [5.74, 6) is -0.501. The second-order valence-electron chi connectivity index (χ2n) is 2.44. The van der Waals surface area contributed by atoms with Crippen molar-refractivity contribution in [2.24, 2.45) is 0 Å². The predicted octanol–water partition coefficient (Wildman–Crippen LogP) is 1.78. The van der Waals surface area contributed by atoms with Crippen molar-refractivity contribution in [1.82, 2.24) is 0 Å². The van der Waals surface area contributed by atoms with Gasteiger partial charge in [-0.1, -0.05) is 12.1 Å². The van der Waals surface area contributed by atoms with Gasteiger partial charge in [-0.25, -0.2) is 4.79 Å². The minimum absolute atomic E-state index is 0.0337. The van der Waals surface area contributed by atoms with E-state index in [1.807, 2.05) is 0 Å². The Morgan fingerprint density at radius 2 is 2.14 bits per heavy atom. The standard InChI is InChI=1S/C9H9ClO3S/c1-13-9(11)7-4-2-3-5-8(7)14(12)6-10/h2-5H,6H2,1H3/t14-/m1/s1. The Morgan fingerprint density at radius 3 is 2.71 bits per heavy atom. The maximum absolute atomic E-state index is 11.4. The highest BCUT2D eigenvalue weighted by atomic mass is 35.5. The number of hydrogen-bond acceptors (Lipinski definition) is 3. The number of carbonyl (C=O) groups is 1. The van der Waals surface area contributed by atoms with Gasteiger partial charge in [-0.2, -0.15) is 0 Å². The monoisotopic (exact) mass is 232 g/mol. The minimum atomic E-state index is -1.36. The molecule has 0 aliphatic heterocycles. The van der Waals surface area contributed by atoms with E-state index in [-0.39, 0.29) is 5.21 Å². The highest BCUT2D eigenvalue weighted by molar-refractivity contribution is 7.86. The maximum Gasteiger partial charge on any atom is 0.339 e. The van der Waals surface area contributed by atoms with Crippen LogP contribution in [0.25, 0.3) is 0 Å². The first-order valence-electron chi connectivity index (χ1n) is 3.82. The second-order valence-corrected chi connectivity index (χ2v) is 4.45. The van der Waals surface area contributed by atoms with Crippen molar-refractivity contribution in [3.05, 3.63) is 29.8 Å². The smallest absolute Gasteiger partial charge is 0.339 e. The van der Waals surface area contributed by atoms with E-state index in [4.69, 9.17) is 11.6 Å². The Balaban J connectivity index is 3.15. The topological polar surface area (TPSA) is 43.4 Å². The molecule has 0 bridgehead atoms. The average molecular weight is 233 g/mol. The van der Waals surface area contributed by atoms with Gasteiger partial charge in [0.25, 0.3) is 0 Å². The van der Waals surface area contributed by atoms with E-state index in [1.54, 1.807) is 24.3 Å². The maximum atomic E-state index is 11.4. The van der Waals surface area contributed by atoms with Gasteiger partial charge < -0.3 is 4.74 Å². The number of esters is 1. The van der Waals surface area contributed by atoms with Gasteiger partial charge in [0.05, 0.1) is 28.4 Å². The Morgan fingerprint density at radius 1 is 1.50 bits per heavy atom. The van der Waals surface area contributed by atoms with E-state index in [2.05, 4.69) is 4.74 Å². The zero-order valence-corrected chi connectivity index (χ0v) is 9.10. The number of rotatable bonds is 3. The molecule has 0 aliphatic rings. The fourth-order valence-electron chi connectivity index (χ4n) is 1.00. The molecule has 3 nitrogen and oxygen atoms in total. The molecule has 1 rings (SSSR count). The molecule has 76 valence electrons. The molecule has 0 saturated heterocycles. The van der Waals surface area contributed by atoms with Gasteiger partial charge in [-0.15, -0.1) is 11.6 Å². The zero-order valence-electron chi connectivity index (χ0n) is 7.53. The van der Waals surface area contributed by atoms with Crippen molar-refractivity contribution in [2.75, 3.05) is 12.3 Å². The van der Waals surface area contributed by atoms with Gasteiger partial charge in [0.2, 0.25) is 0 Å². The zero-order chi connectivity index (χ0) is 10.6. The van der Waals surface area contributed by atoms with Gasteiger partial charge >= 0.3 is 5.97 Å². The Labute approximate surface area is 89.5 Å². The number of benzene rings is 1. The summed E-state index contributed by atoms with van der Waals surface area (Å²) in [6.45, 7) is 0. The molecule has 1 aromatic rings. The van der Waals surface area contributed by atoms with Crippen LogP contribution < -0.4 is 0 Å². The van der Waals surface area contributed by atoms with E-state index >= 15 is 0 Å². The summed E-state index contributed by atoms with van der Waals surface area (Å²) in [6.07, 6.45) is 0. The molecule has 0 fully saturated rings. The lowest BCUT2D eigenvalue weighted by Gasteiger charge is -2.04. The molecule has 0 radical (unpaired) electrons. The highest BCUT2D eigenvalue weighted by Gasteiger charge is 2.14. The summed E-state index contributed by atoms with van der Waals surface area (Å²) in [6, 6.07) is 6.55. The van der Waals surface area contributed by atoms with E-state index in [1.165, 1.54) is 7.11 Å². The summed E-state index contributed by atoms with van der Waals surface area (Å²) < 4.78 is 16.0. The Kier molecular flexibility index (Phi) is 4.10. The third-order valence-corrected chi connectivity index (χ3v) is 3.28. The number of alkyl halides is 1. The van der Waals surface area contributed by atoms with E-state index in [0.717, 1.165) is 0 Å². The fraction of sp³-hybridized carbons (Fsp3) is 0.222. The van der Waals surface area contributed by atoms with Crippen molar-refractivity contribution in [1.29, 1.82) is 0 Å². The number of ether oxygens (including phenoxy) is 1. The van der Waals surface area contributed by atoms with Gasteiger partial charge in [0.1, 0.15) is 5.21 Å². The van der Waals surface area contributed by atoms with Gasteiger partial charge in [0.15, 0.2) is 0 Å². The third kappa shape index (κ3) is 2.33. The Bertz CT molecular complexity index is 330. The summed E-state index contributed by atoms with van der Waals surface area (Å²) in [5, 5.41) is -0.0337. The molecule has 0 saturated carbocycles. The summed E-state index contributed by atoms with van der Waals surface area (Å²) in [4.78, 5) is 11.7. The number of hydrogen-bond donors (Lipinski definition) is 0. The second kappa shape index (κ2) is 5.12. The molecular weight excluding hydrogens is 224 g/mol. The van der Waals surface area contributed by atoms with E-state index in [0.29, 0.717) is 10.5 Å². The first kappa shape index (κ1) is 11.2. The molecule has 14 heavy (non-hydrogen) atoms. The van der Waals surface area contributed by atoms with Crippen LogP contribution in [0.15, 0.2) is 29.2 Å². The van der Waals surface area contributed by atoms with Crippen LogP contribution in [0.5, 0.6) is 0 Å². The van der Waals surface area contributed by atoms with Gasteiger partial charge in [-0.3, -0.25) is 4.21 Å². The van der Waals surface area contributed by atoms with Crippen molar-refractivity contribution >= 4 is 28.4 Å². The summed E-state index contributed by atoms with van der Waals surface area (Å²) in [7, 11) is -0.0790. The quantitative estimate of drug-likeness (QED) is 0.589. The summed E-state index contributed by atoms with van der Waals surface area (Å²) in [5.41, 5.74) is 0.300. The molecule has 0 aliphatic carbocycles. The van der Waals surface area contributed by atoms with Crippen molar-refractivity contribution in [3.8, 4) is 0 Å². The highest BCUT2D eigenvalue weighted by Crippen LogP contribution is 2.15. The molecule has 0 spiro atoms. The number of halogens is 1. The van der Waals surface area contributed by atoms with Gasteiger partial charge in [-0.05, 0) is 12.1 Å². The van der Waals surface area contributed by atoms with Crippen LogP contribution >= 0.6 is 11.6 Å². The van der Waals surface area contributed by atoms with Crippen molar-refractivity contribution in [3.63, 3.8) is 0 Å². The van der Waals surface area contributed by atoms with Crippen molar-refractivity contribution in [2.45, 2.75) is 4.90 Å². The number of carbonyl (C=O) groups excluding carboxylic acids is 1. The van der Waals surface area contributed by atoms with Crippen LogP contribution in [0.3, 0.4) is 0 Å². The molecule has 0 N–H and O–H groups in total. The fourth-order valence-corrected chi connectivity index (χ4v) is 2.10. The van der Waals surface area contributed by atoms with Crippen LogP contribution in [0, 0.1) is 0 Å². The van der Waals surface area contributed by atoms with Crippen LogP contribution in [-0.4, -0.2) is 22.5 Å². The first-order valence-corrected chi connectivity index (χ1v) is 5.67. The average Bonchev–Trinajstić information content (AvgIpc) is 2.27. The molecule has 0 amide bonds. The van der Waals surface area contributed by atoms with Crippen molar-refractivity contribution < 1.29 is 13.7 Å². The lowest BCUT2D eigenvalue weighted by molar-refractivity contribution is 0.0596. The minimum Gasteiger partial charge on any atom is -0.465 e. The van der Waals surface area contributed by atoms with Crippen LogP contribution in [0.2, 0.25) is 0 Å². The predicted molar refractivity (Wildman–Crippen MR) is 54.9 cm³/mol. The molecule has 1 aromatic carbocycles. The number of methoxy groups -OCH3 is 1. The Hall–Kier alpha value is -0.870. The van der Waals surface area contributed by atoms with E-state index in [9.17, 15) is 9.00 Å². The largest absolute Gasteiger partial charge is 0.465 e. The third-order valence-electron chi connectivity index (χ3n) is 1.64. The summed E-state index contributed by atoms with van der Waals surface area (Å²) >= 11 is 5.45. The van der Waals surface area contributed by atoms with Gasteiger partial charge in [0, 0.05) is 0 Å². The normalized spacial score (nSPS) is 12.1. The lowest BCUT2D eigenvalue weighted by atomic mass is 10.2. The van der Waals surface area contributed by atoms with Crippen LogP contribution in [-0.2, 0) is 15.5 Å². The van der Waals surface area contributed by atoms with Crippen LogP contribution in [0.1, 0.15) is 10.4 Å². The molecule has 1 atom stereocenters. The van der Waals surface area contributed by atoms with Crippen LogP contribution in [0.4, 0.5) is 0 Å². The molecule has 5 heteroatoms. The lowest BCUT2D eigenvalue weighted by Crippen LogP contribution is -2.07. The van der Waals surface area contributed by atoms with E-state index < -0.39 is 16.8 Å². The SMILES string of the molecule is COC(=O)c1ccccc1[S@](=O)CCl. The molecule has 0 aromatic heterocycles. The molecular formula is C9H9ClO3S. The first-order chi connectivity index (χ1) is 6.70.